The minimum atomic E-state index is -0.189. The molecule has 0 atom stereocenters. The lowest BCUT2D eigenvalue weighted by molar-refractivity contribution is 0.0827. The van der Waals surface area contributed by atoms with E-state index in [9.17, 15) is 14.9 Å². The summed E-state index contributed by atoms with van der Waals surface area (Å²) >= 11 is 0. The Morgan fingerprint density at radius 2 is 1.82 bits per heavy atom. The fourth-order valence-corrected chi connectivity index (χ4v) is 4.15. The minimum Gasteiger partial charge on any atom is -0.345 e. The fraction of sp³-hybridized carbons (Fsp3) is 0.185. The number of imidazole rings is 1. The smallest absolute Gasteiger partial charge is 0.257 e. The number of anilines is 2. The van der Waals surface area contributed by atoms with Gasteiger partial charge in [0.1, 0.15) is 18.2 Å². The van der Waals surface area contributed by atoms with Crippen molar-refractivity contribution in [3.63, 3.8) is 0 Å². The first-order valence-corrected chi connectivity index (χ1v) is 12.0. The maximum absolute atomic E-state index is 12.7. The Balaban J connectivity index is 1.54. The molecular weight excluding hydrogens is 496 g/mol. The maximum Gasteiger partial charge on any atom is 0.257 e. The molecule has 4 heterocycles. The number of benzene rings is 1. The second kappa shape index (κ2) is 9.79. The maximum atomic E-state index is 12.7. The molecule has 0 unspecified atom stereocenters. The summed E-state index contributed by atoms with van der Waals surface area (Å²) in [7, 11) is 3.36. The quantitative estimate of drug-likeness (QED) is 0.332. The third kappa shape index (κ3) is 4.69. The highest BCUT2D eigenvalue weighted by atomic mass is 16.2. The number of amides is 1. The van der Waals surface area contributed by atoms with Gasteiger partial charge in [0.05, 0.1) is 27.9 Å². The van der Waals surface area contributed by atoms with E-state index in [1.54, 1.807) is 63.1 Å². The molecule has 194 valence electrons. The van der Waals surface area contributed by atoms with E-state index in [4.69, 9.17) is 4.98 Å². The molecule has 12 heteroatoms. The van der Waals surface area contributed by atoms with Crippen molar-refractivity contribution in [2.45, 2.75) is 20.8 Å². The lowest BCUT2D eigenvalue weighted by atomic mass is 10.2. The number of nitrogens with zero attached hydrogens (tertiary/aromatic N) is 9. The number of hydrogen-bond donors (Lipinski definition) is 1. The van der Waals surface area contributed by atoms with Crippen LogP contribution in [-0.2, 0) is 0 Å². The van der Waals surface area contributed by atoms with E-state index in [1.165, 1.54) is 16.5 Å². The number of aromatic nitrogens is 7. The highest BCUT2D eigenvalue weighted by Gasteiger charge is 2.19. The van der Waals surface area contributed by atoms with Gasteiger partial charge < -0.3 is 10.2 Å². The average Bonchev–Trinajstić information content (AvgIpc) is 3.51. The second-order valence-electron chi connectivity index (χ2n) is 9.18. The van der Waals surface area contributed by atoms with Crippen LogP contribution >= 0.6 is 0 Å². The first kappa shape index (κ1) is 25.2. The van der Waals surface area contributed by atoms with E-state index in [1.807, 2.05) is 24.3 Å². The number of nitrogens with one attached hydrogen (secondary N) is 1. The number of aryl methyl sites for hydroxylation is 2. The molecule has 12 nitrogen and oxygen atoms in total. The number of carbonyl (C=O) groups is 2. The van der Waals surface area contributed by atoms with Crippen LogP contribution in [0.4, 0.5) is 11.5 Å². The summed E-state index contributed by atoms with van der Waals surface area (Å²) in [4.78, 5) is 35.8. The number of hydrogen-bond acceptors (Lipinski definition) is 9. The highest BCUT2D eigenvalue weighted by Crippen LogP contribution is 2.26. The summed E-state index contributed by atoms with van der Waals surface area (Å²) in [5.74, 6) is 0.835. The van der Waals surface area contributed by atoms with Gasteiger partial charge >= 0.3 is 0 Å². The topological polar surface area (TPSA) is 148 Å². The van der Waals surface area contributed by atoms with E-state index >= 15 is 0 Å². The van der Waals surface area contributed by atoms with Gasteiger partial charge in [-0.3, -0.25) is 14.2 Å². The van der Waals surface area contributed by atoms with Crippen LogP contribution in [0.1, 0.15) is 44.7 Å². The van der Waals surface area contributed by atoms with Gasteiger partial charge in [0.2, 0.25) is 0 Å². The molecule has 0 spiro atoms. The van der Waals surface area contributed by atoms with Crippen molar-refractivity contribution in [2.75, 3.05) is 19.4 Å². The van der Waals surface area contributed by atoms with Crippen molar-refractivity contribution < 1.29 is 9.59 Å². The Bertz CT molecular complexity index is 1810. The van der Waals surface area contributed by atoms with Crippen LogP contribution in [0.5, 0.6) is 0 Å². The number of Topliss-reactive ketones (excluding diaryl/α,β-unsaturated/α-hetero) is 1. The largest absolute Gasteiger partial charge is 0.345 e. The van der Waals surface area contributed by atoms with Gasteiger partial charge in [-0.05, 0) is 63.2 Å². The Kier molecular flexibility index (Phi) is 6.33. The molecule has 0 radical (unpaired) electrons. The molecule has 0 saturated heterocycles. The molecule has 0 saturated carbocycles. The zero-order valence-electron chi connectivity index (χ0n) is 22.0. The van der Waals surface area contributed by atoms with E-state index < -0.39 is 0 Å². The van der Waals surface area contributed by atoms with Crippen LogP contribution in [0.25, 0.3) is 22.7 Å². The SMILES string of the molecule is CC(=O)c1ccc(-n2cnc3cc(Nc4nnc(C)cc4C(=O)N(C)C)ccc32)nc1-n1nc(C#N)cc1C. The predicted octanol–water partition coefficient (Wildman–Crippen LogP) is 3.53. The van der Waals surface area contributed by atoms with Gasteiger partial charge in [-0.1, -0.05) is 0 Å². The lowest BCUT2D eigenvalue weighted by Gasteiger charge is -2.14. The van der Waals surface area contributed by atoms with Gasteiger partial charge in [0.15, 0.2) is 23.1 Å². The zero-order valence-corrected chi connectivity index (χ0v) is 22.0. The van der Waals surface area contributed by atoms with Gasteiger partial charge in [-0.2, -0.15) is 15.5 Å². The molecule has 5 rings (SSSR count). The van der Waals surface area contributed by atoms with E-state index in [0.717, 1.165) is 5.52 Å². The third-order valence-electron chi connectivity index (χ3n) is 6.05. The second-order valence-corrected chi connectivity index (χ2v) is 9.18. The van der Waals surface area contributed by atoms with Crippen molar-refractivity contribution in [1.29, 1.82) is 5.26 Å². The molecule has 0 bridgehead atoms. The van der Waals surface area contributed by atoms with E-state index in [-0.39, 0.29) is 17.4 Å². The van der Waals surface area contributed by atoms with Crippen LogP contribution in [0, 0.1) is 25.2 Å². The van der Waals surface area contributed by atoms with Crippen molar-refractivity contribution in [3.8, 4) is 17.7 Å². The highest BCUT2D eigenvalue weighted by molar-refractivity contribution is 5.99. The number of rotatable bonds is 6. The number of ketones is 1. The standard InChI is InChI=1S/C27H24N10O2/c1-15-10-21(27(39)35(4)5)25(33-32-15)30-18-6-8-23-22(12-18)29-14-36(23)24-9-7-20(17(3)38)26(31-24)37-16(2)11-19(13-28)34-37/h6-12,14H,1-5H3,(H,30,33). The number of fused-ring (bicyclic) bond motifs is 1. The Morgan fingerprint density at radius 1 is 1.03 bits per heavy atom. The molecule has 4 aromatic heterocycles. The summed E-state index contributed by atoms with van der Waals surface area (Å²) in [6.45, 7) is 5.03. The van der Waals surface area contributed by atoms with E-state index in [2.05, 4.69) is 25.6 Å². The zero-order chi connectivity index (χ0) is 27.8. The Morgan fingerprint density at radius 3 is 2.51 bits per heavy atom. The molecule has 0 fully saturated rings. The first-order chi connectivity index (χ1) is 18.7. The van der Waals surface area contributed by atoms with Gasteiger partial charge in [-0.15, -0.1) is 5.10 Å². The molecule has 0 aliphatic carbocycles. The summed E-state index contributed by atoms with van der Waals surface area (Å²) in [5, 5.41) is 25.0. The normalized spacial score (nSPS) is 10.9. The minimum absolute atomic E-state index is 0.171. The van der Waals surface area contributed by atoms with Crippen molar-refractivity contribution in [3.05, 3.63) is 77.0 Å². The number of nitriles is 1. The fourth-order valence-electron chi connectivity index (χ4n) is 4.15. The van der Waals surface area contributed by atoms with Crippen LogP contribution in [0.3, 0.4) is 0 Å². The molecule has 0 aliphatic rings. The lowest BCUT2D eigenvalue weighted by Crippen LogP contribution is -2.23. The van der Waals surface area contributed by atoms with Crippen LogP contribution in [-0.4, -0.2) is 65.2 Å². The third-order valence-corrected chi connectivity index (χ3v) is 6.05. The predicted molar refractivity (Wildman–Crippen MR) is 144 cm³/mol. The Labute approximate surface area is 223 Å². The number of carbonyl (C=O) groups excluding carboxylic acids is 2. The van der Waals surface area contributed by atoms with Gasteiger partial charge in [0.25, 0.3) is 5.91 Å². The molecule has 39 heavy (non-hydrogen) atoms. The van der Waals surface area contributed by atoms with Gasteiger partial charge in [0, 0.05) is 25.5 Å². The van der Waals surface area contributed by atoms with E-state index in [0.29, 0.717) is 51.2 Å². The first-order valence-electron chi connectivity index (χ1n) is 12.0. The summed E-state index contributed by atoms with van der Waals surface area (Å²) < 4.78 is 3.29. The molecule has 1 aromatic carbocycles. The van der Waals surface area contributed by atoms with Gasteiger partial charge in [-0.25, -0.2) is 14.6 Å². The van der Waals surface area contributed by atoms with Crippen LogP contribution < -0.4 is 5.32 Å². The molecule has 1 N–H and O–H groups in total. The van der Waals surface area contributed by atoms with Crippen molar-refractivity contribution in [2.24, 2.45) is 0 Å². The average molecular weight is 521 g/mol. The monoisotopic (exact) mass is 520 g/mol. The summed E-state index contributed by atoms with van der Waals surface area (Å²) in [6, 6.07) is 14.3. The summed E-state index contributed by atoms with van der Waals surface area (Å²) in [5.41, 5.74) is 4.45. The van der Waals surface area contributed by atoms with Crippen LogP contribution in [0.2, 0.25) is 0 Å². The molecule has 5 aromatic rings. The molecular formula is C27H24N10O2. The molecule has 0 aliphatic heterocycles. The summed E-state index contributed by atoms with van der Waals surface area (Å²) in [6.07, 6.45) is 1.64. The van der Waals surface area contributed by atoms with Crippen LogP contribution in [0.15, 0.2) is 48.8 Å². The van der Waals surface area contributed by atoms with Crippen molar-refractivity contribution >= 4 is 34.2 Å². The number of pyridine rings is 1. The van der Waals surface area contributed by atoms with Crippen molar-refractivity contribution in [1.82, 2.24) is 39.4 Å². The molecule has 1 amide bonds. The Hall–Kier alpha value is -5.44.